The maximum absolute atomic E-state index is 10.7. The van der Waals surface area contributed by atoms with E-state index in [1.165, 1.54) is 0 Å². The van der Waals surface area contributed by atoms with Crippen molar-refractivity contribution in [1.82, 2.24) is 4.98 Å². The van der Waals surface area contributed by atoms with Crippen LogP contribution >= 0.6 is 12.6 Å². The first-order valence-corrected chi connectivity index (χ1v) is 5.99. The first-order chi connectivity index (χ1) is 8.24. The smallest absolute Gasteiger partial charge is 0.166 e. The standard InChI is InChI=1S/C12H14N2O2S/c13-11-6-10(16-2-1-3-17)5-8-4-9(7-15)14-12(8)11/h4-7,14,17H,1-3,13H2. The third-order valence-electron chi connectivity index (χ3n) is 2.45. The number of carbonyl (C=O) groups excluding carboxylic acids is 1. The summed E-state index contributed by atoms with van der Waals surface area (Å²) < 4.78 is 5.55. The van der Waals surface area contributed by atoms with Gasteiger partial charge in [-0.25, -0.2) is 0 Å². The molecule has 0 aliphatic carbocycles. The average Bonchev–Trinajstić information content (AvgIpc) is 2.73. The summed E-state index contributed by atoms with van der Waals surface area (Å²) in [6.07, 6.45) is 1.65. The van der Waals surface area contributed by atoms with Gasteiger partial charge in [0.15, 0.2) is 6.29 Å². The van der Waals surface area contributed by atoms with E-state index in [9.17, 15) is 4.79 Å². The fourth-order valence-corrected chi connectivity index (χ4v) is 1.80. The molecule has 0 saturated heterocycles. The monoisotopic (exact) mass is 250 g/mol. The van der Waals surface area contributed by atoms with Crippen LogP contribution in [0.5, 0.6) is 5.75 Å². The molecule has 0 radical (unpaired) electrons. The number of benzene rings is 1. The molecule has 0 amide bonds. The van der Waals surface area contributed by atoms with E-state index in [1.807, 2.05) is 6.07 Å². The number of nitrogen functional groups attached to an aromatic ring is 1. The zero-order valence-electron chi connectivity index (χ0n) is 9.27. The maximum atomic E-state index is 10.7. The Morgan fingerprint density at radius 2 is 2.24 bits per heavy atom. The maximum Gasteiger partial charge on any atom is 0.166 e. The lowest BCUT2D eigenvalue weighted by Gasteiger charge is -2.06. The first-order valence-electron chi connectivity index (χ1n) is 5.35. The normalized spacial score (nSPS) is 10.6. The molecule has 2 rings (SSSR count). The summed E-state index contributed by atoms with van der Waals surface area (Å²) >= 11 is 4.11. The minimum atomic E-state index is 0.513. The summed E-state index contributed by atoms with van der Waals surface area (Å²) in [7, 11) is 0. The van der Waals surface area contributed by atoms with E-state index >= 15 is 0 Å². The molecular formula is C12H14N2O2S. The number of rotatable bonds is 5. The van der Waals surface area contributed by atoms with Crippen LogP contribution in [-0.4, -0.2) is 23.6 Å². The Bertz CT molecular complexity index is 537. The number of hydrogen-bond acceptors (Lipinski definition) is 4. The molecule has 0 aliphatic heterocycles. The van der Waals surface area contributed by atoms with E-state index in [0.717, 1.165) is 29.4 Å². The molecule has 1 aromatic carbocycles. The van der Waals surface area contributed by atoms with Gasteiger partial charge in [0.05, 0.1) is 23.5 Å². The number of aldehydes is 1. The number of fused-ring (bicyclic) bond motifs is 1. The second kappa shape index (κ2) is 5.14. The van der Waals surface area contributed by atoms with E-state index < -0.39 is 0 Å². The third-order valence-corrected chi connectivity index (χ3v) is 2.77. The molecule has 0 atom stereocenters. The summed E-state index contributed by atoms with van der Waals surface area (Å²) in [6, 6.07) is 5.38. The Morgan fingerprint density at radius 3 is 2.94 bits per heavy atom. The number of H-pyrrole nitrogens is 1. The zero-order valence-corrected chi connectivity index (χ0v) is 10.2. The van der Waals surface area contributed by atoms with Crippen molar-refractivity contribution >= 4 is 35.5 Å². The number of ether oxygens (including phenoxy) is 1. The molecule has 5 heteroatoms. The second-order valence-electron chi connectivity index (χ2n) is 3.74. The molecule has 3 N–H and O–H groups in total. The molecule has 4 nitrogen and oxygen atoms in total. The molecule has 0 unspecified atom stereocenters. The van der Waals surface area contributed by atoms with Crippen LogP contribution in [0.15, 0.2) is 18.2 Å². The number of thiol groups is 1. The van der Waals surface area contributed by atoms with Gasteiger partial charge in [-0.1, -0.05) is 0 Å². The van der Waals surface area contributed by atoms with Crippen LogP contribution in [0.25, 0.3) is 10.9 Å². The molecule has 1 aromatic heterocycles. The van der Waals surface area contributed by atoms with Crippen molar-refractivity contribution in [3.63, 3.8) is 0 Å². The van der Waals surface area contributed by atoms with Gasteiger partial charge >= 0.3 is 0 Å². The molecule has 90 valence electrons. The Kier molecular flexibility index (Phi) is 3.58. The van der Waals surface area contributed by atoms with Crippen molar-refractivity contribution in [1.29, 1.82) is 0 Å². The highest BCUT2D eigenvalue weighted by atomic mass is 32.1. The molecule has 0 fully saturated rings. The van der Waals surface area contributed by atoms with E-state index in [2.05, 4.69) is 17.6 Å². The van der Waals surface area contributed by atoms with Gasteiger partial charge in [0.1, 0.15) is 5.75 Å². The van der Waals surface area contributed by atoms with Gasteiger partial charge in [-0.3, -0.25) is 4.79 Å². The quantitative estimate of drug-likeness (QED) is 0.330. The molecule has 0 saturated carbocycles. The highest BCUT2D eigenvalue weighted by molar-refractivity contribution is 7.80. The molecule has 2 aromatic rings. The van der Waals surface area contributed by atoms with Crippen molar-refractivity contribution in [3.8, 4) is 5.75 Å². The lowest BCUT2D eigenvalue weighted by atomic mass is 10.2. The van der Waals surface area contributed by atoms with E-state index in [0.29, 0.717) is 23.7 Å². The largest absolute Gasteiger partial charge is 0.493 e. The summed E-state index contributed by atoms with van der Waals surface area (Å²) in [6.45, 7) is 0.611. The number of anilines is 1. The van der Waals surface area contributed by atoms with Crippen molar-refractivity contribution in [2.75, 3.05) is 18.1 Å². The number of nitrogens with one attached hydrogen (secondary N) is 1. The lowest BCUT2D eigenvalue weighted by molar-refractivity contribution is 0.112. The molecule has 17 heavy (non-hydrogen) atoms. The summed E-state index contributed by atoms with van der Waals surface area (Å²) in [5.41, 5.74) is 7.75. The zero-order chi connectivity index (χ0) is 12.3. The Morgan fingerprint density at radius 1 is 1.41 bits per heavy atom. The van der Waals surface area contributed by atoms with Crippen LogP contribution in [0.3, 0.4) is 0 Å². The van der Waals surface area contributed by atoms with Gasteiger partial charge in [-0.05, 0) is 24.3 Å². The first kappa shape index (κ1) is 11.9. The number of hydrogen-bond donors (Lipinski definition) is 3. The van der Waals surface area contributed by atoms with Crippen LogP contribution in [0.2, 0.25) is 0 Å². The second-order valence-corrected chi connectivity index (χ2v) is 4.19. The lowest BCUT2D eigenvalue weighted by Crippen LogP contribution is -1.98. The van der Waals surface area contributed by atoms with Gasteiger partial charge in [0.25, 0.3) is 0 Å². The van der Waals surface area contributed by atoms with Crippen molar-refractivity contribution in [3.05, 3.63) is 23.9 Å². The van der Waals surface area contributed by atoms with Gasteiger partial charge < -0.3 is 15.5 Å². The Hall–Kier alpha value is -1.62. The van der Waals surface area contributed by atoms with Gasteiger partial charge in [0, 0.05) is 11.5 Å². The van der Waals surface area contributed by atoms with Crippen LogP contribution in [0, 0.1) is 0 Å². The Balaban J connectivity index is 2.30. The number of carbonyl (C=O) groups is 1. The van der Waals surface area contributed by atoms with Crippen LogP contribution < -0.4 is 10.5 Å². The molecular weight excluding hydrogens is 236 g/mol. The van der Waals surface area contributed by atoms with Gasteiger partial charge in [0.2, 0.25) is 0 Å². The molecule has 0 spiro atoms. The van der Waals surface area contributed by atoms with E-state index in [1.54, 1.807) is 12.1 Å². The predicted molar refractivity (Wildman–Crippen MR) is 72.1 cm³/mol. The minimum absolute atomic E-state index is 0.513. The van der Waals surface area contributed by atoms with Crippen LogP contribution in [0.1, 0.15) is 16.9 Å². The van der Waals surface area contributed by atoms with Crippen molar-refractivity contribution in [2.24, 2.45) is 0 Å². The average molecular weight is 250 g/mol. The Labute approximate surface area is 105 Å². The van der Waals surface area contributed by atoms with E-state index in [4.69, 9.17) is 10.5 Å². The van der Waals surface area contributed by atoms with Gasteiger partial charge in [-0.15, -0.1) is 0 Å². The predicted octanol–water partition coefficient (Wildman–Crippen LogP) is 2.26. The van der Waals surface area contributed by atoms with Crippen molar-refractivity contribution < 1.29 is 9.53 Å². The fourth-order valence-electron chi connectivity index (χ4n) is 1.67. The minimum Gasteiger partial charge on any atom is -0.493 e. The molecule has 0 bridgehead atoms. The van der Waals surface area contributed by atoms with Crippen LogP contribution in [-0.2, 0) is 0 Å². The summed E-state index contributed by atoms with van der Waals surface area (Å²) in [4.78, 5) is 13.6. The van der Waals surface area contributed by atoms with E-state index in [-0.39, 0.29) is 0 Å². The number of aromatic nitrogens is 1. The number of aromatic amines is 1. The van der Waals surface area contributed by atoms with Crippen molar-refractivity contribution in [2.45, 2.75) is 6.42 Å². The SMILES string of the molecule is Nc1cc(OCCCS)cc2cc(C=O)[nH]c12. The van der Waals surface area contributed by atoms with Gasteiger partial charge in [-0.2, -0.15) is 12.6 Å². The topological polar surface area (TPSA) is 68.1 Å². The van der Waals surface area contributed by atoms with Crippen LogP contribution in [0.4, 0.5) is 5.69 Å². The number of nitrogens with two attached hydrogens (primary N) is 1. The highest BCUT2D eigenvalue weighted by Crippen LogP contribution is 2.27. The third kappa shape index (κ3) is 2.55. The highest BCUT2D eigenvalue weighted by Gasteiger charge is 2.06. The molecule has 0 aliphatic rings. The summed E-state index contributed by atoms with van der Waals surface area (Å²) in [5, 5.41) is 0.882. The fraction of sp³-hybridized carbons (Fsp3) is 0.250. The molecule has 1 heterocycles. The summed E-state index contributed by atoms with van der Waals surface area (Å²) in [5.74, 6) is 1.50.